The van der Waals surface area contributed by atoms with Crippen molar-refractivity contribution in [3.63, 3.8) is 0 Å². The Labute approximate surface area is 170 Å². The third-order valence-electron chi connectivity index (χ3n) is 4.61. The quantitative estimate of drug-likeness (QED) is 0.634. The van der Waals surface area contributed by atoms with Gasteiger partial charge in [0.1, 0.15) is 0 Å². The number of aromatic amines is 1. The average Bonchev–Trinajstić information content (AvgIpc) is 3.06. The van der Waals surface area contributed by atoms with Gasteiger partial charge in [-0.25, -0.2) is 0 Å². The number of anilines is 1. The molecule has 1 heterocycles. The lowest BCUT2D eigenvalue weighted by atomic mass is 10.0. The lowest BCUT2D eigenvalue weighted by Gasteiger charge is -2.15. The van der Waals surface area contributed by atoms with E-state index in [1.807, 2.05) is 50.2 Å². The predicted molar refractivity (Wildman–Crippen MR) is 112 cm³/mol. The molecule has 0 fully saturated rings. The van der Waals surface area contributed by atoms with E-state index in [-0.39, 0.29) is 12.3 Å². The van der Waals surface area contributed by atoms with Crippen LogP contribution in [0.5, 0.6) is 17.2 Å². The van der Waals surface area contributed by atoms with E-state index in [4.69, 9.17) is 14.2 Å². The highest BCUT2D eigenvalue weighted by molar-refractivity contribution is 5.96. The molecule has 0 aliphatic rings. The van der Waals surface area contributed by atoms with Crippen molar-refractivity contribution in [1.29, 1.82) is 0 Å². The Morgan fingerprint density at radius 3 is 2.31 bits per heavy atom. The lowest BCUT2D eigenvalue weighted by Crippen LogP contribution is -2.15. The Bertz CT molecular complexity index is 1000. The second kappa shape index (κ2) is 8.68. The van der Waals surface area contributed by atoms with Crippen LogP contribution in [0, 0.1) is 13.8 Å². The number of carbonyl (C=O) groups excluding carboxylic acids is 1. The van der Waals surface area contributed by atoms with Gasteiger partial charge in [0, 0.05) is 11.3 Å². The molecule has 0 atom stereocenters. The maximum atomic E-state index is 12.6. The molecule has 1 amide bonds. The van der Waals surface area contributed by atoms with Crippen LogP contribution in [0.1, 0.15) is 16.8 Å². The van der Waals surface area contributed by atoms with E-state index in [0.717, 1.165) is 27.9 Å². The van der Waals surface area contributed by atoms with Gasteiger partial charge in [-0.2, -0.15) is 5.10 Å². The smallest absolute Gasteiger partial charge is 0.230 e. The molecule has 29 heavy (non-hydrogen) atoms. The van der Waals surface area contributed by atoms with Gasteiger partial charge in [0.25, 0.3) is 0 Å². The summed E-state index contributed by atoms with van der Waals surface area (Å²) in [5.74, 6) is 1.87. The van der Waals surface area contributed by atoms with Crippen LogP contribution in [0.4, 0.5) is 5.82 Å². The molecular weight excluding hydrogens is 370 g/mol. The van der Waals surface area contributed by atoms with Crippen LogP contribution < -0.4 is 19.5 Å². The summed E-state index contributed by atoms with van der Waals surface area (Å²) in [5, 5.41) is 10.1. The second-order valence-corrected chi connectivity index (χ2v) is 6.70. The summed E-state index contributed by atoms with van der Waals surface area (Å²) in [4.78, 5) is 12.6. The van der Waals surface area contributed by atoms with Crippen LogP contribution in [0.15, 0.2) is 36.4 Å². The molecule has 0 aliphatic heterocycles. The number of methoxy groups -OCH3 is 3. The molecule has 0 bridgehead atoms. The first-order valence-corrected chi connectivity index (χ1v) is 9.17. The molecule has 7 nitrogen and oxygen atoms in total. The van der Waals surface area contributed by atoms with Crippen LogP contribution in [0.3, 0.4) is 0 Å². The van der Waals surface area contributed by atoms with E-state index in [1.165, 1.54) is 0 Å². The number of H-pyrrole nitrogens is 1. The molecule has 152 valence electrons. The number of hydrogen-bond donors (Lipinski definition) is 2. The molecule has 1 aromatic heterocycles. The number of aryl methyl sites for hydroxylation is 2. The number of aromatic nitrogens is 2. The largest absolute Gasteiger partial charge is 0.493 e. The molecule has 0 saturated carbocycles. The van der Waals surface area contributed by atoms with Gasteiger partial charge in [0.15, 0.2) is 17.3 Å². The fourth-order valence-corrected chi connectivity index (χ4v) is 3.28. The highest BCUT2D eigenvalue weighted by Crippen LogP contribution is 2.43. The number of nitrogens with zero attached hydrogens (tertiary/aromatic N) is 1. The summed E-state index contributed by atoms with van der Waals surface area (Å²) >= 11 is 0. The maximum Gasteiger partial charge on any atom is 0.230 e. The Morgan fingerprint density at radius 1 is 1.03 bits per heavy atom. The molecule has 3 aromatic rings. The van der Waals surface area contributed by atoms with Gasteiger partial charge in [-0.15, -0.1) is 0 Å². The lowest BCUT2D eigenvalue weighted by molar-refractivity contribution is -0.115. The van der Waals surface area contributed by atoms with E-state index in [9.17, 15) is 4.79 Å². The summed E-state index contributed by atoms with van der Waals surface area (Å²) in [6, 6.07) is 11.5. The van der Waals surface area contributed by atoms with E-state index < -0.39 is 0 Å². The summed E-state index contributed by atoms with van der Waals surface area (Å²) in [6.07, 6.45) is 0.266. The molecule has 7 heteroatoms. The minimum atomic E-state index is -0.143. The van der Waals surface area contributed by atoms with Crippen molar-refractivity contribution in [2.24, 2.45) is 0 Å². The van der Waals surface area contributed by atoms with Crippen molar-refractivity contribution < 1.29 is 19.0 Å². The number of ether oxygens (including phenoxy) is 3. The van der Waals surface area contributed by atoms with Gasteiger partial charge < -0.3 is 19.5 Å². The fourth-order valence-electron chi connectivity index (χ4n) is 3.28. The SMILES string of the molecule is COc1cc(-c2c(NC(=O)Cc3cccc(C)c3)n[nH]c2C)cc(OC)c1OC. The molecule has 2 aromatic carbocycles. The molecule has 0 unspecified atom stereocenters. The molecule has 0 spiro atoms. The van der Waals surface area contributed by atoms with Gasteiger partial charge in [-0.1, -0.05) is 29.8 Å². The van der Waals surface area contributed by atoms with Crippen molar-refractivity contribution in [3.05, 3.63) is 53.2 Å². The first-order chi connectivity index (χ1) is 14.0. The van der Waals surface area contributed by atoms with Gasteiger partial charge in [0.05, 0.1) is 27.8 Å². The minimum absolute atomic E-state index is 0.143. The number of benzene rings is 2. The van der Waals surface area contributed by atoms with Crippen LogP contribution >= 0.6 is 0 Å². The Balaban J connectivity index is 1.93. The fraction of sp³-hybridized carbons (Fsp3) is 0.273. The van der Waals surface area contributed by atoms with Crippen LogP contribution in [-0.4, -0.2) is 37.4 Å². The molecule has 0 radical (unpaired) electrons. The zero-order valence-electron chi connectivity index (χ0n) is 17.3. The second-order valence-electron chi connectivity index (χ2n) is 6.70. The first kappa shape index (κ1) is 20.3. The van der Waals surface area contributed by atoms with E-state index >= 15 is 0 Å². The van der Waals surface area contributed by atoms with Crippen molar-refractivity contribution in [1.82, 2.24) is 10.2 Å². The van der Waals surface area contributed by atoms with Crippen LogP contribution in [-0.2, 0) is 11.2 Å². The Morgan fingerprint density at radius 2 is 1.72 bits per heavy atom. The maximum absolute atomic E-state index is 12.6. The van der Waals surface area contributed by atoms with Gasteiger partial charge in [-0.05, 0) is 37.1 Å². The van der Waals surface area contributed by atoms with E-state index in [2.05, 4.69) is 15.5 Å². The first-order valence-electron chi connectivity index (χ1n) is 9.17. The predicted octanol–water partition coefficient (Wildman–Crippen LogP) is 3.90. The molecule has 0 saturated heterocycles. The number of amides is 1. The average molecular weight is 395 g/mol. The third-order valence-corrected chi connectivity index (χ3v) is 4.61. The van der Waals surface area contributed by atoms with Crippen LogP contribution in [0.2, 0.25) is 0 Å². The van der Waals surface area contributed by atoms with Crippen molar-refractivity contribution in [2.75, 3.05) is 26.6 Å². The number of nitrogens with one attached hydrogen (secondary N) is 2. The summed E-state index contributed by atoms with van der Waals surface area (Å²) in [7, 11) is 4.68. The molecule has 3 rings (SSSR count). The van der Waals surface area contributed by atoms with E-state index in [0.29, 0.717) is 23.1 Å². The zero-order valence-corrected chi connectivity index (χ0v) is 17.3. The molecular formula is C22H25N3O4. The van der Waals surface area contributed by atoms with Gasteiger partial charge in [0.2, 0.25) is 11.7 Å². The normalized spacial score (nSPS) is 10.5. The van der Waals surface area contributed by atoms with Crippen molar-refractivity contribution in [2.45, 2.75) is 20.3 Å². The van der Waals surface area contributed by atoms with Crippen molar-refractivity contribution in [3.8, 4) is 28.4 Å². The standard InChI is InChI=1S/C22H25N3O4/c1-13-7-6-8-15(9-13)10-19(26)23-22-20(14(2)24-25-22)16-11-17(27-3)21(29-5)18(12-16)28-4/h6-9,11-12H,10H2,1-5H3,(H2,23,24,25,26). The number of hydrogen-bond acceptors (Lipinski definition) is 5. The van der Waals surface area contributed by atoms with Crippen LogP contribution in [0.25, 0.3) is 11.1 Å². The topological polar surface area (TPSA) is 85.5 Å². The number of carbonyl (C=O) groups is 1. The minimum Gasteiger partial charge on any atom is -0.493 e. The molecule has 2 N–H and O–H groups in total. The summed E-state index contributed by atoms with van der Waals surface area (Å²) < 4.78 is 16.3. The van der Waals surface area contributed by atoms with E-state index in [1.54, 1.807) is 21.3 Å². The third kappa shape index (κ3) is 4.34. The monoisotopic (exact) mass is 395 g/mol. The van der Waals surface area contributed by atoms with Gasteiger partial charge >= 0.3 is 0 Å². The zero-order chi connectivity index (χ0) is 21.0. The highest BCUT2D eigenvalue weighted by atomic mass is 16.5. The summed E-state index contributed by atoms with van der Waals surface area (Å²) in [6.45, 7) is 3.89. The van der Waals surface area contributed by atoms with Gasteiger partial charge in [-0.3, -0.25) is 9.89 Å². The number of rotatable bonds is 7. The Hall–Kier alpha value is -3.48. The highest BCUT2D eigenvalue weighted by Gasteiger charge is 2.20. The Kier molecular flexibility index (Phi) is 6.07. The summed E-state index contributed by atoms with van der Waals surface area (Å²) in [5.41, 5.74) is 4.43. The van der Waals surface area contributed by atoms with Crippen molar-refractivity contribution >= 4 is 11.7 Å². The molecule has 0 aliphatic carbocycles.